The second-order valence-corrected chi connectivity index (χ2v) is 6.42. The monoisotopic (exact) mass is 398 g/mol. The van der Waals surface area contributed by atoms with Crippen LogP contribution < -0.4 is 4.90 Å². The summed E-state index contributed by atoms with van der Waals surface area (Å²) in [6, 6.07) is 12.4. The number of hydrogen-bond acceptors (Lipinski definition) is 5. The Kier molecular flexibility index (Phi) is 5.28. The number of nitrogens with zero attached hydrogens (tertiary/aromatic N) is 2. The van der Waals surface area contributed by atoms with E-state index in [0.29, 0.717) is 22.0 Å². The molecule has 0 N–H and O–H groups in total. The van der Waals surface area contributed by atoms with E-state index in [2.05, 4.69) is 0 Å². The summed E-state index contributed by atoms with van der Waals surface area (Å²) in [7, 11) is 1.23. The summed E-state index contributed by atoms with van der Waals surface area (Å²) in [6.45, 7) is 1.63. The van der Waals surface area contributed by atoms with Crippen molar-refractivity contribution in [1.82, 2.24) is 0 Å². The minimum absolute atomic E-state index is 0.0970. The Labute approximate surface area is 165 Å². The van der Waals surface area contributed by atoms with Gasteiger partial charge in [0.25, 0.3) is 11.6 Å². The Balaban J connectivity index is 2.13. The lowest BCUT2D eigenvalue weighted by Gasteiger charge is -2.17. The lowest BCUT2D eigenvalue weighted by molar-refractivity contribution is -0.384. The average Bonchev–Trinajstić information content (AvgIpc) is 2.92. The molecule has 2 aromatic rings. The molecule has 3 rings (SSSR count). The molecule has 8 heteroatoms. The maximum absolute atomic E-state index is 13.1. The quantitative estimate of drug-likeness (QED) is 0.334. The number of carbonyl (C=O) groups excluding carboxylic acids is 2. The highest BCUT2D eigenvalue weighted by atomic mass is 35.5. The molecule has 0 unspecified atom stereocenters. The third-order valence-corrected chi connectivity index (χ3v) is 4.52. The molecular weight excluding hydrogens is 384 g/mol. The van der Waals surface area contributed by atoms with Crippen molar-refractivity contribution in [2.75, 3.05) is 12.0 Å². The zero-order valence-electron chi connectivity index (χ0n) is 15.0. The number of anilines is 1. The molecule has 0 saturated carbocycles. The van der Waals surface area contributed by atoms with Crippen LogP contribution in [0.2, 0.25) is 5.02 Å². The van der Waals surface area contributed by atoms with E-state index in [1.54, 1.807) is 37.3 Å². The highest BCUT2D eigenvalue weighted by molar-refractivity contribution is 6.30. The number of rotatable bonds is 4. The molecule has 1 aliphatic rings. The van der Waals surface area contributed by atoms with Crippen LogP contribution in [0.3, 0.4) is 0 Å². The normalized spacial score (nSPS) is 15.3. The molecule has 0 saturated heterocycles. The van der Waals surface area contributed by atoms with Gasteiger partial charge in [-0.1, -0.05) is 23.7 Å². The van der Waals surface area contributed by atoms with Crippen molar-refractivity contribution in [3.63, 3.8) is 0 Å². The van der Waals surface area contributed by atoms with Gasteiger partial charge in [-0.3, -0.25) is 19.8 Å². The van der Waals surface area contributed by atoms with E-state index in [0.717, 1.165) is 0 Å². The van der Waals surface area contributed by atoms with E-state index in [4.69, 9.17) is 16.3 Å². The number of nitro groups is 1. The van der Waals surface area contributed by atoms with Crippen LogP contribution in [0.4, 0.5) is 11.4 Å². The Hall–Kier alpha value is -3.45. The minimum Gasteiger partial charge on any atom is -0.465 e. The molecule has 0 aromatic heterocycles. The standard InChI is InChI=1S/C20H15ClN2O5/c1-12-18(20(25)28-2)17(11-13-4-3-5-16(10-13)23(26)27)19(24)22(12)15-8-6-14(21)7-9-15/h3-11H,1-2H3/b17-11-. The third kappa shape index (κ3) is 3.52. The fourth-order valence-corrected chi connectivity index (χ4v) is 3.10. The Morgan fingerprint density at radius 3 is 2.50 bits per heavy atom. The maximum atomic E-state index is 13.1. The van der Waals surface area contributed by atoms with Gasteiger partial charge in [0.05, 0.1) is 23.2 Å². The summed E-state index contributed by atoms with van der Waals surface area (Å²) in [5, 5.41) is 11.5. The van der Waals surface area contributed by atoms with Crippen LogP contribution in [0.1, 0.15) is 12.5 Å². The van der Waals surface area contributed by atoms with Gasteiger partial charge in [0, 0.05) is 28.5 Å². The number of benzene rings is 2. The summed E-state index contributed by atoms with van der Waals surface area (Å²) in [5.74, 6) is -1.11. The van der Waals surface area contributed by atoms with E-state index in [9.17, 15) is 19.7 Å². The van der Waals surface area contributed by atoms with Gasteiger partial charge in [-0.15, -0.1) is 0 Å². The first-order chi connectivity index (χ1) is 13.3. The Morgan fingerprint density at radius 2 is 1.89 bits per heavy atom. The van der Waals surface area contributed by atoms with Gasteiger partial charge in [0.2, 0.25) is 0 Å². The zero-order valence-corrected chi connectivity index (χ0v) is 15.8. The second-order valence-electron chi connectivity index (χ2n) is 5.98. The number of methoxy groups -OCH3 is 1. The summed E-state index contributed by atoms with van der Waals surface area (Å²) in [6.07, 6.45) is 1.45. The smallest absolute Gasteiger partial charge is 0.340 e. The van der Waals surface area contributed by atoms with Gasteiger partial charge in [0.1, 0.15) is 0 Å². The molecule has 0 radical (unpaired) electrons. The van der Waals surface area contributed by atoms with Crippen molar-refractivity contribution < 1.29 is 19.2 Å². The Bertz CT molecular complexity index is 1040. The summed E-state index contributed by atoms with van der Waals surface area (Å²) in [4.78, 5) is 37.3. The van der Waals surface area contributed by atoms with Crippen molar-refractivity contribution in [1.29, 1.82) is 0 Å². The van der Waals surface area contributed by atoms with E-state index < -0.39 is 16.8 Å². The number of halogens is 1. The molecule has 2 aromatic carbocycles. The highest BCUT2D eigenvalue weighted by Gasteiger charge is 2.37. The van der Waals surface area contributed by atoms with Crippen molar-refractivity contribution in [2.24, 2.45) is 0 Å². The SMILES string of the molecule is COC(=O)C1=C(C)N(c2ccc(Cl)cc2)C(=O)/C1=C\c1cccc([N+](=O)[O-])c1. The lowest BCUT2D eigenvalue weighted by Crippen LogP contribution is -2.24. The molecule has 7 nitrogen and oxygen atoms in total. The zero-order chi connectivity index (χ0) is 20.4. The minimum atomic E-state index is -0.668. The van der Waals surface area contributed by atoms with E-state index in [1.807, 2.05) is 0 Å². The molecule has 0 bridgehead atoms. The third-order valence-electron chi connectivity index (χ3n) is 4.27. The van der Waals surface area contributed by atoms with Crippen LogP contribution in [0, 0.1) is 10.1 Å². The van der Waals surface area contributed by atoms with E-state index >= 15 is 0 Å². The van der Waals surface area contributed by atoms with Crippen LogP contribution in [0.15, 0.2) is 65.4 Å². The summed E-state index contributed by atoms with van der Waals surface area (Å²) >= 11 is 5.91. The molecule has 1 amide bonds. The first-order valence-corrected chi connectivity index (χ1v) is 8.57. The molecule has 0 spiro atoms. The van der Waals surface area contributed by atoms with Gasteiger partial charge < -0.3 is 4.74 Å². The van der Waals surface area contributed by atoms with Crippen LogP contribution in [-0.4, -0.2) is 23.9 Å². The van der Waals surface area contributed by atoms with Crippen LogP contribution in [-0.2, 0) is 14.3 Å². The van der Waals surface area contributed by atoms with Gasteiger partial charge in [-0.25, -0.2) is 4.79 Å². The number of ether oxygens (including phenoxy) is 1. The van der Waals surface area contributed by atoms with Crippen LogP contribution >= 0.6 is 11.6 Å². The number of esters is 1. The largest absolute Gasteiger partial charge is 0.465 e. The number of hydrogen-bond donors (Lipinski definition) is 0. The second kappa shape index (κ2) is 7.66. The molecule has 0 aliphatic carbocycles. The first kappa shape index (κ1) is 19.3. The fourth-order valence-electron chi connectivity index (χ4n) is 2.98. The number of allylic oxidation sites excluding steroid dienone is 1. The van der Waals surface area contributed by atoms with Crippen molar-refractivity contribution in [3.05, 3.63) is 86.1 Å². The van der Waals surface area contributed by atoms with Gasteiger partial charge >= 0.3 is 5.97 Å². The van der Waals surface area contributed by atoms with E-state index in [-0.39, 0.29) is 16.8 Å². The molecule has 1 aliphatic heterocycles. The predicted molar refractivity (Wildman–Crippen MR) is 105 cm³/mol. The van der Waals surface area contributed by atoms with Crippen molar-refractivity contribution in [2.45, 2.75) is 6.92 Å². The first-order valence-electron chi connectivity index (χ1n) is 8.19. The summed E-state index contributed by atoms with van der Waals surface area (Å²) in [5.41, 5.74) is 1.44. The Morgan fingerprint density at radius 1 is 1.21 bits per heavy atom. The lowest BCUT2D eigenvalue weighted by atomic mass is 10.0. The number of carbonyl (C=O) groups is 2. The van der Waals surface area contributed by atoms with Gasteiger partial charge in [-0.05, 0) is 42.8 Å². The fraction of sp³-hybridized carbons (Fsp3) is 0.100. The highest BCUT2D eigenvalue weighted by Crippen LogP contribution is 2.36. The molecular formula is C20H15ClN2O5. The number of nitro benzene ring substituents is 1. The van der Waals surface area contributed by atoms with Crippen molar-refractivity contribution in [3.8, 4) is 0 Å². The molecule has 142 valence electrons. The maximum Gasteiger partial charge on any atom is 0.340 e. The number of non-ortho nitro benzene ring substituents is 1. The molecule has 1 heterocycles. The summed E-state index contributed by atoms with van der Waals surface area (Å²) < 4.78 is 4.84. The number of amides is 1. The molecule has 28 heavy (non-hydrogen) atoms. The van der Waals surface area contributed by atoms with Gasteiger partial charge in [0.15, 0.2) is 0 Å². The topological polar surface area (TPSA) is 89.8 Å². The predicted octanol–water partition coefficient (Wildman–Crippen LogP) is 4.13. The molecule has 0 fully saturated rings. The van der Waals surface area contributed by atoms with Crippen molar-refractivity contribution >= 4 is 40.9 Å². The van der Waals surface area contributed by atoms with Crippen LogP contribution in [0.5, 0.6) is 0 Å². The van der Waals surface area contributed by atoms with Crippen LogP contribution in [0.25, 0.3) is 6.08 Å². The molecule has 0 atom stereocenters. The average molecular weight is 399 g/mol. The van der Waals surface area contributed by atoms with E-state index in [1.165, 1.54) is 36.3 Å². The van der Waals surface area contributed by atoms with Gasteiger partial charge in [-0.2, -0.15) is 0 Å².